The van der Waals surface area contributed by atoms with E-state index in [1.807, 2.05) is 30.3 Å². The van der Waals surface area contributed by atoms with E-state index in [9.17, 15) is 0 Å². The lowest BCUT2D eigenvalue weighted by molar-refractivity contribution is 0.572. The molecule has 0 bridgehead atoms. The van der Waals surface area contributed by atoms with Crippen LogP contribution in [-0.2, 0) is 6.54 Å². The summed E-state index contributed by atoms with van der Waals surface area (Å²) in [5, 5.41) is 10.5. The number of nitrogens with one attached hydrogen (secondary N) is 3. The molecule has 3 rings (SSSR count). The molecule has 0 saturated heterocycles. The third kappa shape index (κ3) is 5.61. The molecule has 146 valence electrons. The molecule has 0 aliphatic carbocycles. The number of guanidine groups is 1. The minimum absolute atomic E-state index is 0.482. The van der Waals surface area contributed by atoms with E-state index in [2.05, 4.69) is 30.9 Å². The summed E-state index contributed by atoms with van der Waals surface area (Å²) in [5.74, 6) is 1.84. The van der Waals surface area contributed by atoms with Gasteiger partial charge in [-0.3, -0.25) is 4.99 Å². The second-order valence-electron chi connectivity index (χ2n) is 5.77. The van der Waals surface area contributed by atoms with Crippen LogP contribution in [0.4, 0.5) is 5.82 Å². The molecule has 0 saturated carbocycles. The van der Waals surface area contributed by atoms with Gasteiger partial charge >= 0.3 is 0 Å². The van der Waals surface area contributed by atoms with Crippen molar-refractivity contribution in [2.75, 3.05) is 25.5 Å². The maximum Gasteiger partial charge on any atom is 0.226 e. The number of hydrogen-bond donors (Lipinski definition) is 3. The Kier molecular flexibility index (Phi) is 7.11. The molecule has 0 radical (unpaired) electrons. The average Bonchev–Trinajstić information content (AvgIpc) is 3.18. The van der Waals surface area contributed by atoms with Crippen molar-refractivity contribution in [1.82, 2.24) is 20.6 Å². The molecule has 0 atom stereocenters. The van der Waals surface area contributed by atoms with Crippen molar-refractivity contribution in [2.24, 2.45) is 4.99 Å². The molecule has 2 heterocycles. The van der Waals surface area contributed by atoms with Crippen molar-refractivity contribution in [3.8, 4) is 11.5 Å². The molecular formula is C19H20Cl2N6O. The van der Waals surface area contributed by atoms with Crippen molar-refractivity contribution in [1.29, 1.82) is 0 Å². The average molecular weight is 419 g/mol. The smallest absolute Gasteiger partial charge is 0.226 e. The van der Waals surface area contributed by atoms with Gasteiger partial charge in [-0.05, 0) is 18.2 Å². The lowest BCUT2D eigenvalue weighted by Gasteiger charge is -2.12. The quantitative estimate of drug-likeness (QED) is 0.307. The number of rotatable bonds is 7. The van der Waals surface area contributed by atoms with Crippen LogP contribution in [0.3, 0.4) is 0 Å². The van der Waals surface area contributed by atoms with E-state index in [1.54, 1.807) is 25.6 Å². The zero-order valence-corrected chi connectivity index (χ0v) is 16.8. The van der Waals surface area contributed by atoms with Crippen molar-refractivity contribution in [3.05, 3.63) is 64.6 Å². The summed E-state index contributed by atoms with van der Waals surface area (Å²) in [5.41, 5.74) is 1.73. The van der Waals surface area contributed by atoms with E-state index in [-0.39, 0.29) is 0 Å². The number of anilines is 1. The maximum absolute atomic E-state index is 6.08. The Morgan fingerprint density at radius 2 is 1.96 bits per heavy atom. The van der Waals surface area contributed by atoms with Crippen LogP contribution in [0.25, 0.3) is 11.5 Å². The molecule has 0 fully saturated rings. The van der Waals surface area contributed by atoms with E-state index in [0.717, 1.165) is 11.3 Å². The number of hydrogen-bond acceptors (Lipinski definition) is 5. The Hall–Kier alpha value is -2.77. The molecular weight excluding hydrogens is 399 g/mol. The summed E-state index contributed by atoms with van der Waals surface area (Å²) in [7, 11) is 1.71. The predicted molar refractivity (Wildman–Crippen MR) is 113 cm³/mol. The highest BCUT2D eigenvalue weighted by molar-refractivity contribution is 6.35. The Morgan fingerprint density at radius 3 is 2.71 bits per heavy atom. The summed E-state index contributed by atoms with van der Waals surface area (Å²) in [6.07, 6.45) is 3.18. The normalized spacial score (nSPS) is 11.3. The zero-order chi connectivity index (χ0) is 19.8. The first kappa shape index (κ1) is 20.0. The van der Waals surface area contributed by atoms with Gasteiger partial charge in [0.15, 0.2) is 5.96 Å². The van der Waals surface area contributed by atoms with E-state index in [0.29, 0.717) is 47.3 Å². The number of aliphatic imine (C=N–C) groups is 1. The van der Waals surface area contributed by atoms with Crippen LogP contribution >= 0.6 is 23.2 Å². The van der Waals surface area contributed by atoms with Crippen molar-refractivity contribution < 1.29 is 4.42 Å². The van der Waals surface area contributed by atoms with Crippen molar-refractivity contribution in [3.63, 3.8) is 0 Å². The number of halogens is 2. The number of pyridine rings is 1. The van der Waals surface area contributed by atoms with Gasteiger partial charge < -0.3 is 20.4 Å². The summed E-state index contributed by atoms with van der Waals surface area (Å²) in [4.78, 5) is 12.8. The SMILES string of the molecule is CN=C(NCCNc1ncc(Cl)cc1Cl)NCc1coc(-c2ccccc2)n1. The van der Waals surface area contributed by atoms with E-state index in [4.69, 9.17) is 27.6 Å². The topological polar surface area (TPSA) is 87.4 Å². The molecule has 9 heteroatoms. The minimum Gasteiger partial charge on any atom is -0.444 e. The van der Waals surface area contributed by atoms with Gasteiger partial charge in [0.1, 0.15) is 12.1 Å². The number of nitrogens with zero attached hydrogens (tertiary/aromatic N) is 3. The number of benzene rings is 1. The molecule has 1 aromatic carbocycles. The molecule has 0 aliphatic heterocycles. The fourth-order valence-corrected chi connectivity index (χ4v) is 2.85. The van der Waals surface area contributed by atoms with Crippen LogP contribution in [0.5, 0.6) is 0 Å². The number of aromatic nitrogens is 2. The molecule has 3 N–H and O–H groups in total. The van der Waals surface area contributed by atoms with Gasteiger partial charge in [0.05, 0.1) is 22.3 Å². The highest BCUT2D eigenvalue weighted by Gasteiger charge is 2.07. The first-order valence-electron chi connectivity index (χ1n) is 8.65. The Balaban J connectivity index is 1.43. The third-order valence-corrected chi connectivity index (χ3v) is 4.25. The first-order chi connectivity index (χ1) is 13.7. The lowest BCUT2D eigenvalue weighted by Crippen LogP contribution is -2.39. The summed E-state index contributed by atoms with van der Waals surface area (Å²) in [6.45, 7) is 1.72. The fourth-order valence-electron chi connectivity index (χ4n) is 2.40. The second kappa shape index (κ2) is 9.96. The van der Waals surface area contributed by atoms with Crippen LogP contribution < -0.4 is 16.0 Å². The standard InChI is InChI=1S/C19H20Cl2N6O/c1-22-19(24-8-7-23-17-16(21)9-14(20)10-25-17)26-11-15-12-28-18(27-15)13-5-3-2-4-6-13/h2-6,9-10,12H,7-8,11H2,1H3,(H,23,25)(H2,22,24,26). The van der Waals surface area contributed by atoms with Gasteiger partial charge in [0, 0.05) is 31.9 Å². The molecule has 7 nitrogen and oxygen atoms in total. The molecule has 0 amide bonds. The predicted octanol–water partition coefficient (Wildman–Crippen LogP) is 3.82. The Labute approximate surface area is 173 Å². The Morgan fingerprint density at radius 1 is 1.14 bits per heavy atom. The highest BCUT2D eigenvalue weighted by Crippen LogP contribution is 2.22. The minimum atomic E-state index is 0.482. The summed E-state index contributed by atoms with van der Waals surface area (Å²) >= 11 is 11.9. The molecule has 0 aliphatic rings. The van der Waals surface area contributed by atoms with Crippen LogP contribution in [0, 0.1) is 0 Å². The van der Waals surface area contributed by atoms with Crippen LogP contribution in [0.2, 0.25) is 10.0 Å². The summed E-state index contributed by atoms with van der Waals surface area (Å²) in [6, 6.07) is 11.4. The largest absolute Gasteiger partial charge is 0.444 e. The second-order valence-corrected chi connectivity index (χ2v) is 6.62. The lowest BCUT2D eigenvalue weighted by atomic mass is 10.2. The summed E-state index contributed by atoms with van der Waals surface area (Å²) < 4.78 is 5.53. The third-order valence-electron chi connectivity index (χ3n) is 3.75. The molecule has 0 unspecified atom stereocenters. The van der Waals surface area contributed by atoms with E-state index >= 15 is 0 Å². The monoisotopic (exact) mass is 418 g/mol. The fraction of sp³-hybridized carbons (Fsp3) is 0.211. The van der Waals surface area contributed by atoms with Crippen molar-refractivity contribution >= 4 is 35.0 Å². The first-order valence-corrected chi connectivity index (χ1v) is 9.40. The maximum atomic E-state index is 6.08. The Bertz CT molecular complexity index is 929. The van der Waals surface area contributed by atoms with Gasteiger partial charge in [0.2, 0.25) is 5.89 Å². The molecule has 28 heavy (non-hydrogen) atoms. The van der Waals surface area contributed by atoms with Gasteiger partial charge in [0.25, 0.3) is 0 Å². The van der Waals surface area contributed by atoms with Gasteiger partial charge in [-0.15, -0.1) is 0 Å². The molecule has 3 aromatic rings. The van der Waals surface area contributed by atoms with Gasteiger partial charge in [-0.25, -0.2) is 9.97 Å². The van der Waals surface area contributed by atoms with Crippen LogP contribution in [0.1, 0.15) is 5.69 Å². The van der Waals surface area contributed by atoms with Crippen LogP contribution in [0.15, 0.2) is 58.3 Å². The molecule has 0 spiro atoms. The highest BCUT2D eigenvalue weighted by atomic mass is 35.5. The van der Waals surface area contributed by atoms with E-state index < -0.39 is 0 Å². The van der Waals surface area contributed by atoms with Gasteiger partial charge in [-0.1, -0.05) is 41.4 Å². The zero-order valence-electron chi connectivity index (χ0n) is 15.2. The van der Waals surface area contributed by atoms with Crippen molar-refractivity contribution in [2.45, 2.75) is 6.54 Å². The van der Waals surface area contributed by atoms with Crippen LogP contribution in [-0.4, -0.2) is 36.1 Å². The molecule has 2 aromatic heterocycles. The van der Waals surface area contributed by atoms with E-state index in [1.165, 1.54) is 0 Å². The number of oxazole rings is 1. The van der Waals surface area contributed by atoms with Gasteiger partial charge in [-0.2, -0.15) is 0 Å².